The van der Waals surface area contributed by atoms with Gasteiger partial charge < -0.3 is 0 Å². The summed E-state index contributed by atoms with van der Waals surface area (Å²) < 4.78 is 5.96. The number of benzene rings is 2. The molecule has 2 aromatic rings. The molecule has 94 valence electrons. The molecule has 0 radical (unpaired) electrons. The molecule has 0 N–H and O–H groups in total. The fourth-order valence-corrected chi connectivity index (χ4v) is 5.46. The van der Waals surface area contributed by atoms with Crippen LogP contribution in [0.15, 0.2) is 51.1 Å². The fourth-order valence-electron chi connectivity index (χ4n) is 1.51. The number of hydrogen-bond acceptors (Lipinski definition) is 0. The zero-order chi connectivity index (χ0) is 13.4. The molecule has 0 spiro atoms. The first-order chi connectivity index (χ1) is 8.45. The zero-order valence-electron chi connectivity index (χ0n) is 8.58. The zero-order valence-corrected chi connectivity index (χ0v) is 18.1. The summed E-state index contributed by atoms with van der Waals surface area (Å²) in [5.74, 6) is 0. The Morgan fingerprint density at radius 1 is 0.556 bits per heavy atom. The second kappa shape index (κ2) is 6.39. The summed E-state index contributed by atoms with van der Waals surface area (Å²) in [7, 11) is 0. The van der Waals surface area contributed by atoms with Gasteiger partial charge in [0.1, 0.15) is 0 Å². The van der Waals surface area contributed by atoms with Crippen molar-refractivity contribution in [2.45, 2.75) is 0 Å². The highest BCUT2D eigenvalue weighted by Gasteiger charge is 2.19. The van der Waals surface area contributed by atoms with Crippen molar-refractivity contribution in [1.29, 1.82) is 0 Å². The van der Waals surface area contributed by atoms with E-state index in [1.54, 1.807) is 0 Å². The lowest BCUT2D eigenvalue weighted by Gasteiger charge is -2.15. The summed E-state index contributed by atoms with van der Waals surface area (Å²) in [6.45, 7) is 0. The number of halogens is 6. The summed E-state index contributed by atoms with van der Waals surface area (Å²) in [5.41, 5.74) is 2.20. The van der Waals surface area contributed by atoms with Crippen molar-refractivity contribution >= 4 is 95.6 Å². The Bertz CT molecular complexity index is 591. The van der Waals surface area contributed by atoms with Crippen molar-refractivity contribution < 1.29 is 0 Å². The van der Waals surface area contributed by atoms with E-state index in [2.05, 4.69) is 102 Å². The van der Waals surface area contributed by atoms with Gasteiger partial charge in [-0.2, -0.15) is 0 Å². The van der Waals surface area contributed by atoms with Gasteiger partial charge >= 0.3 is 0 Å². The van der Waals surface area contributed by atoms with E-state index in [-0.39, 0.29) is 0 Å². The van der Waals surface area contributed by atoms with E-state index < -0.39 is 0 Å². The first-order valence-corrected chi connectivity index (χ1v) is 9.47. The summed E-state index contributed by atoms with van der Waals surface area (Å²) in [5, 5.41) is 0. The van der Waals surface area contributed by atoms with Crippen LogP contribution in [0.2, 0.25) is 0 Å². The van der Waals surface area contributed by atoms with Crippen molar-refractivity contribution in [3.05, 3.63) is 51.1 Å². The molecule has 0 aliphatic heterocycles. The van der Waals surface area contributed by atoms with Crippen molar-refractivity contribution in [3.63, 3.8) is 0 Å². The van der Waals surface area contributed by atoms with E-state index in [1.165, 1.54) is 0 Å². The van der Waals surface area contributed by atoms with Gasteiger partial charge in [-0.15, -0.1) is 0 Å². The molecule has 0 saturated heterocycles. The predicted octanol–water partition coefficient (Wildman–Crippen LogP) is 7.93. The molecule has 0 aliphatic rings. The smallest absolute Gasteiger partial charge is 0.0482 e. The van der Waals surface area contributed by atoms with Crippen LogP contribution < -0.4 is 0 Å². The minimum Gasteiger partial charge on any atom is -0.0616 e. The summed E-state index contributed by atoms with van der Waals surface area (Å²) in [6, 6.07) is 8.11. The topological polar surface area (TPSA) is 0 Å². The van der Waals surface area contributed by atoms with Crippen LogP contribution >= 0.6 is 95.6 Å². The molecular formula is C12H4Br6. The highest BCUT2D eigenvalue weighted by Crippen LogP contribution is 2.49. The van der Waals surface area contributed by atoms with Gasteiger partial charge in [-0.05, 0) is 91.3 Å². The Balaban J connectivity index is 2.85. The first-order valence-electron chi connectivity index (χ1n) is 4.71. The quantitative estimate of drug-likeness (QED) is 0.223. The second-order valence-corrected chi connectivity index (χ2v) is 8.24. The molecule has 0 fully saturated rings. The monoisotopic (exact) mass is 622 g/mol. The van der Waals surface area contributed by atoms with Crippen LogP contribution in [-0.2, 0) is 0 Å². The van der Waals surface area contributed by atoms with Crippen molar-refractivity contribution in [3.8, 4) is 11.1 Å². The minimum atomic E-state index is 0.969. The lowest BCUT2D eigenvalue weighted by atomic mass is 10.1. The van der Waals surface area contributed by atoms with Gasteiger partial charge in [-0.3, -0.25) is 0 Å². The van der Waals surface area contributed by atoms with Gasteiger partial charge in [0, 0.05) is 32.4 Å². The average Bonchev–Trinajstić information content (AvgIpc) is 2.36. The molecule has 2 aromatic carbocycles. The second-order valence-electron chi connectivity index (χ2n) is 3.42. The van der Waals surface area contributed by atoms with Crippen LogP contribution in [0, 0.1) is 0 Å². The Morgan fingerprint density at radius 2 is 1.00 bits per heavy atom. The van der Waals surface area contributed by atoms with Crippen LogP contribution in [0.1, 0.15) is 0 Å². The van der Waals surface area contributed by atoms with Crippen LogP contribution in [0.3, 0.4) is 0 Å². The predicted molar refractivity (Wildman–Crippen MR) is 98.1 cm³/mol. The Kier molecular flexibility index (Phi) is 5.58. The van der Waals surface area contributed by atoms with Crippen molar-refractivity contribution in [2.75, 3.05) is 0 Å². The molecule has 0 aliphatic carbocycles. The van der Waals surface area contributed by atoms with Gasteiger partial charge in [-0.25, -0.2) is 0 Å². The third-order valence-corrected chi connectivity index (χ3v) is 9.14. The fraction of sp³-hybridized carbons (Fsp3) is 0. The van der Waals surface area contributed by atoms with E-state index >= 15 is 0 Å². The van der Waals surface area contributed by atoms with Gasteiger partial charge in [0.05, 0.1) is 0 Å². The summed E-state index contributed by atoms with van der Waals surface area (Å²) in [6.07, 6.45) is 0. The van der Waals surface area contributed by atoms with Crippen LogP contribution in [0.5, 0.6) is 0 Å². The molecule has 0 nitrogen and oxygen atoms in total. The lowest BCUT2D eigenvalue weighted by molar-refractivity contribution is 1.43. The maximum absolute atomic E-state index is 3.64. The standard InChI is InChI=1S/C12H4Br6/c13-6-4-2-1-3-5(6)7-8(14)10(16)12(18)11(17)9(7)15/h1-4H. The lowest BCUT2D eigenvalue weighted by Crippen LogP contribution is -1.88. The molecule has 0 atom stereocenters. The normalized spacial score (nSPS) is 10.8. The van der Waals surface area contributed by atoms with E-state index in [0.717, 1.165) is 38.0 Å². The molecule has 0 amide bonds. The van der Waals surface area contributed by atoms with Gasteiger partial charge in [0.15, 0.2) is 0 Å². The molecule has 0 unspecified atom stereocenters. The third kappa shape index (κ3) is 2.84. The molecule has 0 aromatic heterocycles. The number of hydrogen-bond donors (Lipinski definition) is 0. The minimum absolute atomic E-state index is 0.969. The molecular weight excluding hydrogens is 624 g/mol. The van der Waals surface area contributed by atoms with Crippen LogP contribution in [0.4, 0.5) is 0 Å². The van der Waals surface area contributed by atoms with Crippen molar-refractivity contribution in [2.24, 2.45) is 0 Å². The maximum atomic E-state index is 3.64. The van der Waals surface area contributed by atoms with Gasteiger partial charge in [0.2, 0.25) is 0 Å². The Labute approximate surface area is 156 Å². The molecule has 0 heterocycles. The molecule has 2 rings (SSSR count). The summed E-state index contributed by atoms with van der Waals surface area (Å²) in [4.78, 5) is 0. The van der Waals surface area contributed by atoms with E-state index in [1.807, 2.05) is 18.2 Å². The van der Waals surface area contributed by atoms with Gasteiger partial charge in [-0.1, -0.05) is 34.1 Å². The highest BCUT2D eigenvalue weighted by atomic mass is 79.9. The SMILES string of the molecule is Brc1ccccc1-c1c(Br)c(Br)c(Br)c(Br)c1Br. The van der Waals surface area contributed by atoms with E-state index in [9.17, 15) is 0 Å². The molecule has 0 bridgehead atoms. The Morgan fingerprint density at radius 3 is 1.50 bits per heavy atom. The summed E-state index contributed by atoms with van der Waals surface area (Å²) >= 11 is 21.6. The van der Waals surface area contributed by atoms with E-state index in [0.29, 0.717) is 0 Å². The average molecular weight is 628 g/mol. The van der Waals surface area contributed by atoms with E-state index in [4.69, 9.17) is 0 Å². The van der Waals surface area contributed by atoms with Gasteiger partial charge in [0.25, 0.3) is 0 Å². The Hall–Kier alpha value is 1.32. The van der Waals surface area contributed by atoms with Crippen molar-refractivity contribution in [1.82, 2.24) is 0 Å². The molecule has 18 heavy (non-hydrogen) atoms. The number of rotatable bonds is 1. The molecule has 0 saturated carbocycles. The van der Waals surface area contributed by atoms with Crippen LogP contribution in [0.25, 0.3) is 11.1 Å². The third-order valence-electron chi connectivity index (χ3n) is 2.35. The first kappa shape index (κ1) is 15.7. The maximum Gasteiger partial charge on any atom is 0.0482 e. The largest absolute Gasteiger partial charge is 0.0616 e. The van der Waals surface area contributed by atoms with Crippen LogP contribution in [-0.4, -0.2) is 0 Å². The molecule has 6 heteroatoms. The highest BCUT2D eigenvalue weighted by molar-refractivity contribution is 9.15.